The molecule has 0 bridgehead atoms. The van der Waals surface area contributed by atoms with Crippen LogP contribution in [-0.2, 0) is 6.42 Å². The lowest BCUT2D eigenvalue weighted by atomic mass is 10.1. The molecule has 0 amide bonds. The molecular formula is C12H14FN3. The van der Waals surface area contributed by atoms with Crippen LogP contribution in [-0.4, -0.2) is 15.2 Å². The fraction of sp³-hybridized carbons (Fsp3) is 0.333. The van der Waals surface area contributed by atoms with Crippen LogP contribution >= 0.6 is 0 Å². The zero-order valence-electron chi connectivity index (χ0n) is 9.42. The van der Waals surface area contributed by atoms with E-state index in [0.717, 1.165) is 29.8 Å². The van der Waals surface area contributed by atoms with Gasteiger partial charge in [0.25, 0.3) is 0 Å². The average molecular weight is 219 g/mol. The maximum absolute atomic E-state index is 13.2. The first-order valence-corrected chi connectivity index (χ1v) is 5.38. The number of H-pyrrole nitrogens is 1. The van der Waals surface area contributed by atoms with Crippen LogP contribution in [0.4, 0.5) is 4.39 Å². The van der Waals surface area contributed by atoms with E-state index < -0.39 is 0 Å². The third-order valence-electron chi connectivity index (χ3n) is 2.32. The molecule has 1 heterocycles. The second-order valence-electron chi connectivity index (χ2n) is 3.87. The van der Waals surface area contributed by atoms with Crippen LogP contribution in [0.2, 0.25) is 0 Å². The molecule has 0 fully saturated rings. The molecule has 0 saturated carbocycles. The maximum Gasteiger partial charge on any atom is 0.181 e. The fourth-order valence-corrected chi connectivity index (χ4v) is 1.64. The molecule has 2 aromatic rings. The minimum Gasteiger partial charge on any atom is -0.263 e. The summed E-state index contributed by atoms with van der Waals surface area (Å²) in [5.74, 6) is 1.15. The van der Waals surface area contributed by atoms with Gasteiger partial charge >= 0.3 is 0 Å². The number of halogens is 1. The van der Waals surface area contributed by atoms with Gasteiger partial charge in [0.1, 0.15) is 11.6 Å². The predicted octanol–water partition coefficient (Wildman–Crippen LogP) is 2.87. The summed E-state index contributed by atoms with van der Waals surface area (Å²) in [5.41, 5.74) is 1.59. The number of nitrogens with one attached hydrogen (secondary N) is 1. The summed E-state index contributed by atoms with van der Waals surface area (Å²) in [6.45, 7) is 3.93. The lowest BCUT2D eigenvalue weighted by Gasteiger charge is -1.98. The number of hydrogen-bond donors (Lipinski definition) is 1. The van der Waals surface area contributed by atoms with E-state index in [0.29, 0.717) is 5.82 Å². The van der Waals surface area contributed by atoms with E-state index in [9.17, 15) is 4.39 Å². The minimum absolute atomic E-state index is 0.253. The zero-order valence-corrected chi connectivity index (χ0v) is 9.42. The fourth-order valence-electron chi connectivity index (χ4n) is 1.64. The largest absolute Gasteiger partial charge is 0.263 e. The molecule has 1 aromatic heterocycles. The molecule has 0 radical (unpaired) electrons. The molecule has 0 spiro atoms. The second kappa shape index (κ2) is 4.43. The van der Waals surface area contributed by atoms with E-state index in [4.69, 9.17) is 0 Å². The van der Waals surface area contributed by atoms with Gasteiger partial charge in [-0.2, -0.15) is 5.10 Å². The third kappa shape index (κ3) is 2.27. The third-order valence-corrected chi connectivity index (χ3v) is 2.32. The van der Waals surface area contributed by atoms with Crippen molar-refractivity contribution in [3.63, 3.8) is 0 Å². The normalized spacial score (nSPS) is 10.7. The van der Waals surface area contributed by atoms with Crippen molar-refractivity contribution in [2.45, 2.75) is 26.7 Å². The summed E-state index contributed by atoms with van der Waals surface area (Å²) in [5, 5.41) is 6.95. The highest BCUT2D eigenvalue weighted by atomic mass is 19.1. The average Bonchev–Trinajstić information content (AvgIpc) is 2.65. The van der Waals surface area contributed by atoms with Crippen molar-refractivity contribution in [3.8, 4) is 11.4 Å². The predicted molar refractivity (Wildman–Crippen MR) is 60.5 cm³/mol. The molecule has 3 nitrogen and oxygen atoms in total. The number of benzene rings is 1. The first-order chi connectivity index (χ1) is 7.69. The molecule has 0 aliphatic carbocycles. The molecule has 2 rings (SSSR count). The highest BCUT2D eigenvalue weighted by Gasteiger charge is 2.07. The van der Waals surface area contributed by atoms with Gasteiger partial charge in [-0.15, -0.1) is 0 Å². The van der Waals surface area contributed by atoms with Crippen LogP contribution in [0.25, 0.3) is 11.4 Å². The quantitative estimate of drug-likeness (QED) is 0.862. The van der Waals surface area contributed by atoms with Crippen LogP contribution < -0.4 is 0 Å². The van der Waals surface area contributed by atoms with Gasteiger partial charge in [-0.25, -0.2) is 9.37 Å². The van der Waals surface area contributed by atoms with Crippen molar-refractivity contribution in [1.82, 2.24) is 15.2 Å². The standard InChI is InChI=1S/C12H14FN3/c1-3-4-11-14-12(16-15-11)9-5-8(2)6-10(13)7-9/h5-7H,3-4H2,1-2H3,(H,14,15,16). The number of hydrogen-bond acceptors (Lipinski definition) is 2. The first-order valence-electron chi connectivity index (χ1n) is 5.38. The second-order valence-corrected chi connectivity index (χ2v) is 3.87. The Morgan fingerprint density at radius 3 is 2.81 bits per heavy atom. The molecule has 0 aliphatic rings. The van der Waals surface area contributed by atoms with E-state index in [1.54, 1.807) is 0 Å². The summed E-state index contributed by atoms with van der Waals surface area (Å²) in [4.78, 5) is 4.32. The van der Waals surface area contributed by atoms with Crippen molar-refractivity contribution < 1.29 is 4.39 Å². The summed E-state index contributed by atoms with van der Waals surface area (Å²) in [6, 6.07) is 4.82. The molecule has 0 unspecified atom stereocenters. The topological polar surface area (TPSA) is 41.6 Å². The number of nitrogens with zero attached hydrogens (tertiary/aromatic N) is 2. The highest BCUT2D eigenvalue weighted by molar-refractivity contribution is 5.55. The van der Waals surface area contributed by atoms with Crippen LogP contribution in [0.5, 0.6) is 0 Å². The maximum atomic E-state index is 13.2. The highest BCUT2D eigenvalue weighted by Crippen LogP contribution is 2.18. The van der Waals surface area contributed by atoms with E-state index in [1.807, 2.05) is 13.0 Å². The Labute approximate surface area is 93.7 Å². The van der Waals surface area contributed by atoms with Crippen molar-refractivity contribution in [2.24, 2.45) is 0 Å². The van der Waals surface area contributed by atoms with Crippen molar-refractivity contribution >= 4 is 0 Å². The lowest BCUT2D eigenvalue weighted by molar-refractivity contribution is 0.627. The van der Waals surface area contributed by atoms with Gasteiger partial charge in [-0.05, 0) is 37.1 Å². The Bertz CT molecular complexity index is 471. The monoisotopic (exact) mass is 219 g/mol. The van der Waals surface area contributed by atoms with Crippen molar-refractivity contribution in [3.05, 3.63) is 35.4 Å². The molecule has 0 atom stereocenters. The van der Waals surface area contributed by atoms with Gasteiger partial charge in [0.15, 0.2) is 5.82 Å². The SMILES string of the molecule is CCCc1nc(-c2cc(C)cc(F)c2)n[nH]1. The van der Waals surface area contributed by atoms with Crippen molar-refractivity contribution in [1.29, 1.82) is 0 Å². The van der Waals surface area contributed by atoms with Gasteiger partial charge in [0.05, 0.1) is 0 Å². The van der Waals surface area contributed by atoms with Crippen molar-refractivity contribution in [2.75, 3.05) is 0 Å². The Morgan fingerprint density at radius 2 is 2.12 bits per heavy atom. The molecule has 0 saturated heterocycles. The molecule has 84 valence electrons. The van der Waals surface area contributed by atoms with Gasteiger partial charge in [0.2, 0.25) is 0 Å². The Kier molecular flexibility index (Phi) is 2.99. The minimum atomic E-state index is -0.253. The van der Waals surface area contributed by atoms with Crippen LogP contribution in [0.1, 0.15) is 24.7 Å². The molecule has 16 heavy (non-hydrogen) atoms. The van der Waals surface area contributed by atoms with Crippen LogP contribution in [0.15, 0.2) is 18.2 Å². The molecular weight excluding hydrogens is 205 g/mol. The van der Waals surface area contributed by atoms with E-state index in [2.05, 4.69) is 22.1 Å². The Morgan fingerprint density at radius 1 is 1.31 bits per heavy atom. The molecule has 1 N–H and O–H groups in total. The number of aromatic amines is 1. The summed E-state index contributed by atoms with van der Waals surface area (Å²) >= 11 is 0. The summed E-state index contributed by atoms with van der Waals surface area (Å²) < 4.78 is 13.2. The summed E-state index contributed by atoms with van der Waals surface area (Å²) in [6.07, 6.45) is 1.87. The zero-order chi connectivity index (χ0) is 11.5. The Hall–Kier alpha value is -1.71. The van der Waals surface area contributed by atoms with E-state index in [-0.39, 0.29) is 5.82 Å². The van der Waals surface area contributed by atoms with Crippen LogP contribution in [0, 0.1) is 12.7 Å². The van der Waals surface area contributed by atoms with E-state index in [1.165, 1.54) is 12.1 Å². The van der Waals surface area contributed by atoms with Gasteiger partial charge in [-0.1, -0.05) is 6.92 Å². The number of aromatic nitrogens is 3. The summed E-state index contributed by atoms with van der Waals surface area (Å²) in [7, 11) is 0. The number of aryl methyl sites for hydroxylation is 2. The Balaban J connectivity index is 2.34. The first kappa shape index (κ1) is 10.8. The van der Waals surface area contributed by atoms with Crippen LogP contribution in [0.3, 0.4) is 0 Å². The van der Waals surface area contributed by atoms with Gasteiger partial charge in [0, 0.05) is 12.0 Å². The molecule has 4 heteroatoms. The van der Waals surface area contributed by atoms with E-state index >= 15 is 0 Å². The molecule has 0 aliphatic heterocycles. The van der Waals surface area contributed by atoms with Gasteiger partial charge in [-0.3, -0.25) is 5.10 Å². The lowest BCUT2D eigenvalue weighted by Crippen LogP contribution is -1.87. The van der Waals surface area contributed by atoms with Gasteiger partial charge < -0.3 is 0 Å². The smallest absolute Gasteiger partial charge is 0.181 e. The number of rotatable bonds is 3. The molecule has 1 aromatic carbocycles.